The maximum Gasteiger partial charge on any atom is 0.0887 e. The number of rotatable bonds is 2. The van der Waals surface area contributed by atoms with Gasteiger partial charge in [-0.25, -0.2) is 0 Å². The van der Waals surface area contributed by atoms with E-state index in [9.17, 15) is 0 Å². The van der Waals surface area contributed by atoms with Crippen molar-refractivity contribution in [1.29, 1.82) is 0 Å². The Morgan fingerprint density at radius 2 is 1.76 bits per heavy atom. The Balaban J connectivity index is 2.26. The van der Waals surface area contributed by atoms with Gasteiger partial charge in [0.15, 0.2) is 0 Å². The minimum Gasteiger partial charge on any atom is -0.399 e. The van der Waals surface area contributed by atoms with Crippen LogP contribution in [0.25, 0.3) is 0 Å². The first kappa shape index (κ1) is 11.3. The van der Waals surface area contributed by atoms with Crippen LogP contribution < -0.4 is 5.73 Å². The highest BCUT2D eigenvalue weighted by atomic mass is 15.1. The summed E-state index contributed by atoms with van der Waals surface area (Å²) in [6.45, 7) is 4.01. The van der Waals surface area contributed by atoms with Crippen LogP contribution in [-0.2, 0) is 0 Å². The molecule has 0 radical (unpaired) electrons. The molecule has 2 aromatic carbocycles. The molecule has 3 heteroatoms. The topological polar surface area (TPSA) is 50.7 Å². The third kappa shape index (κ3) is 2.91. The highest BCUT2D eigenvalue weighted by molar-refractivity contribution is 5.54. The van der Waals surface area contributed by atoms with Gasteiger partial charge in [-0.05, 0) is 55.3 Å². The van der Waals surface area contributed by atoms with Gasteiger partial charge in [0, 0.05) is 5.69 Å². The molecule has 0 saturated carbocycles. The molecule has 2 N–H and O–H groups in total. The van der Waals surface area contributed by atoms with Gasteiger partial charge in [0.2, 0.25) is 0 Å². The summed E-state index contributed by atoms with van der Waals surface area (Å²) in [6, 6.07) is 13.5. The molecule has 0 aliphatic heterocycles. The maximum atomic E-state index is 5.68. The quantitative estimate of drug-likeness (QED) is 0.601. The molecule has 0 bridgehead atoms. The molecule has 0 amide bonds. The van der Waals surface area contributed by atoms with E-state index in [1.54, 1.807) is 0 Å². The van der Waals surface area contributed by atoms with E-state index in [0.717, 1.165) is 22.6 Å². The Hall–Kier alpha value is -2.16. The number of aryl methyl sites for hydroxylation is 2. The molecule has 0 heterocycles. The first-order chi connectivity index (χ1) is 8.15. The van der Waals surface area contributed by atoms with Crippen LogP contribution in [0.1, 0.15) is 11.1 Å². The lowest BCUT2D eigenvalue weighted by Gasteiger charge is -2.00. The van der Waals surface area contributed by atoms with Gasteiger partial charge in [0.25, 0.3) is 0 Å². The monoisotopic (exact) mass is 225 g/mol. The van der Waals surface area contributed by atoms with Gasteiger partial charge in [-0.15, -0.1) is 0 Å². The average molecular weight is 225 g/mol. The zero-order chi connectivity index (χ0) is 12.3. The Kier molecular flexibility index (Phi) is 3.19. The van der Waals surface area contributed by atoms with Crippen molar-refractivity contribution in [3.63, 3.8) is 0 Å². The molecular formula is C14H15N3. The lowest BCUT2D eigenvalue weighted by Crippen LogP contribution is -1.84. The van der Waals surface area contributed by atoms with E-state index >= 15 is 0 Å². The summed E-state index contributed by atoms with van der Waals surface area (Å²) >= 11 is 0. The van der Waals surface area contributed by atoms with E-state index in [4.69, 9.17) is 5.73 Å². The molecule has 0 spiro atoms. The molecule has 0 fully saturated rings. The summed E-state index contributed by atoms with van der Waals surface area (Å²) in [5, 5.41) is 8.44. The van der Waals surface area contributed by atoms with E-state index in [1.165, 1.54) is 5.56 Å². The molecule has 2 rings (SSSR count). The molecular weight excluding hydrogens is 210 g/mol. The van der Waals surface area contributed by atoms with Crippen LogP contribution in [0.5, 0.6) is 0 Å². The van der Waals surface area contributed by atoms with Crippen molar-refractivity contribution in [2.75, 3.05) is 5.73 Å². The van der Waals surface area contributed by atoms with Gasteiger partial charge < -0.3 is 5.73 Å². The first-order valence-electron chi connectivity index (χ1n) is 5.50. The normalized spacial score (nSPS) is 10.9. The highest BCUT2D eigenvalue weighted by Crippen LogP contribution is 2.23. The standard InChI is InChI=1S/C14H15N3/c1-10-4-3-5-13(8-10)16-17-14-7-6-12(15)9-11(14)2/h3-9H,15H2,1-2H3/b17-16+. The van der Waals surface area contributed by atoms with E-state index in [2.05, 4.69) is 10.2 Å². The summed E-state index contributed by atoms with van der Waals surface area (Å²) in [6.07, 6.45) is 0. The van der Waals surface area contributed by atoms with Gasteiger partial charge in [0.05, 0.1) is 11.4 Å². The predicted octanol–water partition coefficient (Wildman–Crippen LogP) is 4.30. The number of azo groups is 1. The zero-order valence-corrected chi connectivity index (χ0v) is 10.0. The van der Waals surface area contributed by atoms with Gasteiger partial charge in [-0.1, -0.05) is 12.1 Å². The van der Waals surface area contributed by atoms with Crippen molar-refractivity contribution in [1.82, 2.24) is 0 Å². The van der Waals surface area contributed by atoms with Crippen LogP contribution in [0.2, 0.25) is 0 Å². The molecule has 0 aromatic heterocycles. The van der Waals surface area contributed by atoms with Crippen molar-refractivity contribution in [2.24, 2.45) is 10.2 Å². The van der Waals surface area contributed by atoms with Crippen molar-refractivity contribution in [3.8, 4) is 0 Å². The number of benzene rings is 2. The molecule has 0 unspecified atom stereocenters. The molecule has 0 aliphatic carbocycles. The van der Waals surface area contributed by atoms with Crippen LogP contribution in [0.4, 0.5) is 17.1 Å². The van der Waals surface area contributed by atoms with Crippen molar-refractivity contribution < 1.29 is 0 Å². The number of hydrogen-bond acceptors (Lipinski definition) is 3. The summed E-state index contributed by atoms with van der Waals surface area (Å²) in [7, 11) is 0. The number of hydrogen-bond donors (Lipinski definition) is 1. The average Bonchev–Trinajstić information content (AvgIpc) is 2.28. The van der Waals surface area contributed by atoms with Gasteiger partial charge in [-0.2, -0.15) is 10.2 Å². The fourth-order valence-corrected chi connectivity index (χ4v) is 1.59. The summed E-state index contributed by atoms with van der Waals surface area (Å²) < 4.78 is 0. The zero-order valence-electron chi connectivity index (χ0n) is 10.0. The molecule has 0 saturated heterocycles. The number of nitrogen functional groups attached to an aromatic ring is 1. The largest absolute Gasteiger partial charge is 0.399 e. The minimum atomic E-state index is 0.747. The van der Waals surface area contributed by atoms with E-state index in [-0.39, 0.29) is 0 Å². The fourth-order valence-electron chi connectivity index (χ4n) is 1.59. The van der Waals surface area contributed by atoms with Gasteiger partial charge in [-0.3, -0.25) is 0 Å². The Labute approximate surface area is 101 Å². The van der Waals surface area contributed by atoms with Crippen LogP contribution in [0, 0.1) is 13.8 Å². The molecule has 17 heavy (non-hydrogen) atoms. The second kappa shape index (κ2) is 4.78. The van der Waals surface area contributed by atoms with E-state index < -0.39 is 0 Å². The first-order valence-corrected chi connectivity index (χ1v) is 5.50. The Bertz CT molecular complexity index is 559. The lowest BCUT2D eigenvalue weighted by molar-refractivity contribution is 1.20. The minimum absolute atomic E-state index is 0.747. The van der Waals surface area contributed by atoms with Gasteiger partial charge >= 0.3 is 0 Å². The van der Waals surface area contributed by atoms with Crippen LogP contribution in [-0.4, -0.2) is 0 Å². The number of anilines is 1. The third-order valence-electron chi connectivity index (χ3n) is 2.50. The fraction of sp³-hybridized carbons (Fsp3) is 0.143. The summed E-state index contributed by atoms with van der Waals surface area (Å²) in [5.74, 6) is 0. The van der Waals surface area contributed by atoms with Crippen LogP contribution in [0.15, 0.2) is 52.7 Å². The molecule has 86 valence electrons. The SMILES string of the molecule is Cc1cccc(/N=N/c2ccc(N)cc2C)c1. The van der Waals surface area contributed by atoms with Gasteiger partial charge in [0.1, 0.15) is 0 Å². The van der Waals surface area contributed by atoms with Crippen molar-refractivity contribution >= 4 is 17.1 Å². The smallest absolute Gasteiger partial charge is 0.0887 e. The molecule has 2 aromatic rings. The second-order valence-electron chi connectivity index (χ2n) is 4.08. The predicted molar refractivity (Wildman–Crippen MR) is 70.9 cm³/mol. The van der Waals surface area contributed by atoms with E-state index in [0.29, 0.717) is 0 Å². The molecule has 0 aliphatic rings. The van der Waals surface area contributed by atoms with E-state index in [1.807, 2.05) is 56.3 Å². The Morgan fingerprint density at radius 3 is 2.47 bits per heavy atom. The van der Waals surface area contributed by atoms with Crippen LogP contribution >= 0.6 is 0 Å². The second-order valence-corrected chi connectivity index (χ2v) is 4.08. The highest BCUT2D eigenvalue weighted by Gasteiger charge is 1.97. The number of nitrogens with two attached hydrogens (primary N) is 1. The lowest BCUT2D eigenvalue weighted by atomic mass is 10.2. The summed E-state index contributed by atoms with van der Waals surface area (Å²) in [5.41, 5.74) is 10.3. The summed E-state index contributed by atoms with van der Waals surface area (Å²) in [4.78, 5) is 0. The Morgan fingerprint density at radius 1 is 0.941 bits per heavy atom. The van der Waals surface area contributed by atoms with Crippen molar-refractivity contribution in [3.05, 3.63) is 53.6 Å². The van der Waals surface area contributed by atoms with Crippen molar-refractivity contribution in [2.45, 2.75) is 13.8 Å². The maximum absolute atomic E-state index is 5.68. The number of nitrogens with zero attached hydrogens (tertiary/aromatic N) is 2. The third-order valence-corrected chi connectivity index (χ3v) is 2.50. The molecule has 0 atom stereocenters. The van der Waals surface area contributed by atoms with Crippen LogP contribution in [0.3, 0.4) is 0 Å². The molecule has 3 nitrogen and oxygen atoms in total.